The van der Waals surface area contributed by atoms with Crippen LogP contribution in [0.15, 0.2) is 17.3 Å². The van der Waals surface area contributed by atoms with Gasteiger partial charge in [-0.1, -0.05) is 16.8 Å². The predicted molar refractivity (Wildman–Crippen MR) is 52.1 cm³/mol. The number of rotatable bonds is 2. The Labute approximate surface area is 89.9 Å². The van der Waals surface area contributed by atoms with Gasteiger partial charge in [0, 0.05) is 0 Å². The maximum Gasteiger partial charge on any atom is 0.339 e. The van der Waals surface area contributed by atoms with Gasteiger partial charge in [-0.05, 0) is 17.7 Å². The maximum absolute atomic E-state index is 13.2. The van der Waals surface area contributed by atoms with E-state index in [1.807, 2.05) is 0 Å². The van der Waals surface area contributed by atoms with Gasteiger partial charge >= 0.3 is 5.97 Å². The summed E-state index contributed by atoms with van der Waals surface area (Å²) in [6, 6.07) is 2.30. The molecular weight excluding hydrogens is 225 g/mol. The average molecular weight is 232 g/mol. The highest BCUT2D eigenvalue weighted by Crippen LogP contribution is 2.22. The van der Waals surface area contributed by atoms with Crippen LogP contribution in [-0.2, 0) is 4.74 Å². The van der Waals surface area contributed by atoms with Crippen LogP contribution in [-0.4, -0.2) is 24.5 Å². The number of hydrogen-bond acceptors (Lipinski definition) is 4. The average Bonchev–Trinajstić information content (AvgIpc) is 2.22. The number of methoxy groups -OCH3 is 1. The fourth-order valence-corrected chi connectivity index (χ4v) is 1.20. The second-order valence-corrected chi connectivity index (χ2v) is 2.98. The van der Waals surface area contributed by atoms with Crippen LogP contribution >= 0.6 is 11.6 Å². The van der Waals surface area contributed by atoms with Crippen molar-refractivity contribution in [2.75, 3.05) is 7.11 Å². The normalized spacial score (nSPS) is 10.6. The molecular formula is C9H7ClFNO3. The smallest absolute Gasteiger partial charge is 0.339 e. The Bertz CT molecular complexity index is 420. The van der Waals surface area contributed by atoms with Crippen LogP contribution in [0.25, 0.3) is 0 Å². The highest BCUT2D eigenvalue weighted by molar-refractivity contribution is 6.33. The van der Waals surface area contributed by atoms with Crippen molar-refractivity contribution in [3.05, 3.63) is 34.1 Å². The fourth-order valence-electron chi connectivity index (χ4n) is 1.01. The number of carbonyl (C=O) groups excluding carboxylic acids is 1. The van der Waals surface area contributed by atoms with Crippen LogP contribution in [0, 0.1) is 5.82 Å². The van der Waals surface area contributed by atoms with E-state index in [9.17, 15) is 9.18 Å². The van der Waals surface area contributed by atoms with Crippen molar-refractivity contribution in [3.8, 4) is 0 Å². The predicted octanol–water partition coefficient (Wildman–Crippen LogP) is 2.07. The van der Waals surface area contributed by atoms with Gasteiger partial charge in [0.1, 0.15) is 5.82 Å². The second kappa shape index (κ2) is 4.75. The summed E-state index contributed by atoms with van der Waals surface area (Å²) in [5.41, 5.74) is 0.0915. The van der Waals surface area contributed by atoms with Crippen LogP contribution in [0.4, 0.5) is 4.39 Å². The first-order valence-electron chi connectivity index (χ1n) is 3.85. The van der Waals surface area contributed by atoms with Gasteiger partial charge in [0.25, 0.3) is 0 Å². The summed E-state index contributed by atoms with van der Waals surface area (Å²) in [6.07, 6.45) is 0.978. The Hall–Kier alpha value is -1.62. The lowest BCUT2D eigenvalue weighted by atomic mass is 10.1. The van der Waals surface area contributed by atoms with Crippen molar-refractivity contribution in [3.63, 3.8) is 0 Å². The zero-order chi connectivity index (χ0) is 11.4. The summed E-state index contributed by atoms with van der Waals surface area (Å²) in [4.78, 5) is 11.2. The Balaban J connectivity index is 3.30. The van der Waals surface area contributed by atoms with E-state index < -0.39 is 11.8 Å². The van der Waals surface area contributed by atoms with Gasteiger partial charge in [-0.3, -0.25) is 0 Å². The number of carbonyl (C=O) groups is 1. The molecule has 0 bridgehead atoms. The van der Waals surface area contributed by atoms with Gasteiger partial charge in [-0.15, -0.1) is 0 Å². The minimum Gasteiger partial charge on any atom is -0.465 e. The van der Waals surface area contributed by atoms with Crippen molar-refractivity contribution >= 4 is 23.8 Å². The highest BCUT2D eigenvalue weighted by atomic mass is 35.5. The number of nitrogens with zero attached hydrogens (tertiary/aromatic N) is 1. The molecule has 0 aliphatic carbocycles. The van der Waals surface area contributed by atoms with E-state index in [2.05, 4.69) is 9.89 Å². The molecule has 6 heteroatoms. The monoisotopic (exact) mass is 231 g/mol. The maximum atomic E-state index is 13.2. The quantitative estimate of drug-likeness (QED) is 0.367. The van der Waals surface area contributed by atoms with Crippen LogP contribution in [0.3, 0.4) is 0 Å². The van der Waals surface area contributed by atoms with Crippen molar-refractivity contribution in [2.24, 2.45) is 5.16 Å². The molecule has 1 N–H and O–H groups in total. The van der Waals surface area contributed by atoms with E-state index in [-0.39, 0.29) is 16.1 Å². The lowest BCUT2D eigenvalue weighted by molar-refractivity contribution is 0.0600. The lowest BCUT2D eigenvalue weighted by Gasteiger charge is -2.04. The SMILES string of the molecule is COC(=O)c1cc(/C=N\O)cc(F)c1Cl. The van der Waals surface area contributed by atoms with Crippen molar-refractivity contribution in [2.45, 2.75) is 0 Å². The second-order valence-electron chi connectivity index (χ2n) is 2.60. The highest BCUT2D eigenvalue weighted by Gasteiger charge is 2.15. The molecule has 0 aromatic heterocycles. The van der Waals surface area contributed by atoms with E-state index >= 15 is 0 Å². The number of halogens is 2. The van der Waals surface area contributed by atoms with Gasteiger partial charge in [0.2, 0.25) is 0 Å². The third kappa shape index (κ3) is 2.44. The summed E-state index contributed by atoms with van der Waals surface area (Å²) in [7, 11) is 1.16. The van der Waals surface area contributed by atoms with Crippen molar-refractivity contribution in [1.29, 1.82) is 0 Å². The largest absolute Gasteiger partial charge is 0.465 e. The topological polar surface area (TPSA) is 58.9 Å². The first kappa shape index (κ1) is 11.5. The number of oxime groups is 1. The summed E-state index contributed by atoms with van der Waals surface area (Å²) in [6.45, 7) is 0. The molecule has 0 amide bonds. The van der Waals surface area contributed by atoms with Crippen LogP contribution in [0.5, 0.6) is 0 Å². The molecule has 1 aromatic carbocycles. The Morgan fingerprint density at radius 1 is 1.67 bits per heavy atom. The molecule has 0 aliphatic heterocycles. The van der Waals surface area contributed by atoms with Gasteiger partial charge in [0.15, 0.2) is 0 Å². The standard InChI is InChI=1S/C9H7ClFNO3/c1-15-9(13)6-2-5(4-12-14)3-7(11)8(6)10/h2-4,14H,1H3/b12-4-. The third-order valence-electron chi connectivity index (χ3n) is 1.66. The molecule has 0 unspecified atom stereocenters. The third-order valence-corrected chi connectivity index (χ3v) is 2.05. The molecule has 0 heterocycles. The van der Waals surface area contributed by atoms with Crippen LogP contribution in [0.1, 0.15) is 15.9 Å². The Morgan fingerprint density at radius 2 is 2.33 bits per heavy atom. The first-order valence-corrected chi connectivity index (χ1v) is 4.22. The molecule has 15 heavy (non-hydrogen) atoms. The van der Waals surface area contributed by atoms with E-state index in [1.165, 1.54) is 6.07 Å². The van der Waals surface area contributed by atoms with Gasteiger partial charge < -0.3 is 9.94 Å². The van der Waals surface area contributed by atoms with Gasteiger partial charge in [-0.25, -0.2) is 9.18 Å². The van der Waals surface area contributed by atoms with E-state index in [4.69, 9.17) is 16.8 Å². The minimum atomic E-state index is -0.783. The number of hydrogen-bond donors (Lipinski definition) is 1. The van der Waals surface area contributed by atoms with Gasteiger partial charge in [-0.2, -0.15) is 0 Å². The molecule has 0 saturated heterocycles. The number of ether oxygens (including phenoxy) is 1. The van der Waals surface area contributed by atoms with Crippen molar-refractivity contribution < 1.29 is 19.1 Å². The summed E-state index contributed by atoms with van der Waals surface area (Å²) >= 11 is 5.56. The van der Waals surface area contributed by atoms with E-state index in [0.717, 1.165) is 19.4 Å². The molecule has 1 rings (SSSR count). The molecule has 1 aromatic rings. The summed E-state index contributed by atoms with van der Waals surface area (Å²) in [5, 5.41) is 10.7. The number of esters is 1. The minimum absolute atomic E-state index is 0.117. The molecule has 0 spiro atoms. The Kier molecular flexibility index (Phi) is 3.62. The zero-order valence-electron chi connectivity index (χ0n) is 7.70. The zero-order valence-corrected chi connectivity index (χ0v) is 8.45. The summed E-state index contributed by atoms with van der Waals surface area (Å²) in [5.74, 6) is -1.54. The van der Waals surface area contributed by atoms with Gasteiger partial charge in [0.05, 0.1) is 23.9 Å². The van der Waals surface area contributed by atoms with Crippen LogP contribution < -0.4 is 0 Å². The first-order chi connectivity index (χ1) is 7.10. The Morgan fingerprint density at radius 3 is 2.87 bits per heavy atom. The van der Waals surface area contributed by atoms with Crippen LogP contribution in [0.2, 0.25) is 5.02 Å². The molecule has 4 nitrogen and oxygen atoms in total. The molecule has 0 radical (unpaired) electrons. The molecule has 0 saturated carbocycles. The van der Waals surface area contributed by atoms with E-state index in [0.29, 0.717) is 0 Å². The molecule has 0 aliphatic rings. The lowest BCUT2D eigenvalue weighted by Crippen LogP contribution is -2.04. The fraction of sp³-hybridized carbons (Fsp3) is 0.111. The van der Waals surface area contributed by atoms with Crippen molar-refractivity contribution in [1.82, 2.24) is 0 Å². The summed E-state index contributed by atoms with van der Waals surface area (Å²) < 4.78 is 17.6. The molecule has 0 atom stereocenters. The number of benzene rings is 1. The van der Waals surface area contributed by atoms with E-state index in [1.54, 1.807) is 0 Å². The molecule has 80 valence electrons. The molecule has 0 fully saturated rings.